The average Bonchev–Trinajstić information content (AvgIpc) is 2.20. The molecule has 3 nitrogen and oxygen atoms in total. The average molecular weight is 223 g/mol. The van der Waals surface area contributed by atoms with Crippen LogP contribution in [0.3, 0.4) is 0 Å². The monoisotopic (exact) mass is 222 g/mol. The van der Waals surface area contributed by atoms with Gasteiger partial charge in [0.25, 0.3) is 0 Å². The molecule has 2 aromatic rings. The van der Waals surface area contributed by atoms with Crippen LogP contribution in [0.2, 0.25) is 5.02 Å². The Morgan fingerprint density at radius 3 is 2.80 bits per heavy atom. The summed E-state index contributed by atoms with van der Waals surface area (Å²) < 4.78 is 4.95. The SMILES string of the molecule is Cc1ccc2oc(=O)c(C=O)c(Cl)c2c1. The van der Waals surface area contributed by atoms with E-state index in [1.165, 1.54) is 0 Å². The molecule has 1 heterocycles. The van der Waals surface area contributed by atoms with Gasteiger partial charge in [-0.25, -0.2) is 4.79 Å². The van der Waals surface area contributed by atoms with Crippen molar-refractivity contribution in [2.45, 2.75) is 6.92 Å². The summed E-state index contributed by atoms with van der Waals surface area (Å²) in [5.74, 6) is 0. The van der Waals surface area contributed by atoms with Crippen molar-refractivity contribution in [2.75, 3.05) is 0 Å². The molecule has 0 aliphatic rings. The lowest BCUT2D eigenvalue weighted by molar-refractivity contribution is 0.112. The maximum Gasteiger partial charge on any atom is 0.348 e. The molecule has 0 radical (unpaired) electrons. The van der Waals surface area contributed by atoms with Crippen molar-refractivity contribution < 1.29 is 9.21 Å². The van der Waals surface area contributed by atoms with Crippen LogP contribution in [-0.2, 0) is 0 Å². The highest BCUT2D eigenvalue weighted by Crippen LogP contribution is 2.24. The maximum atomic E-state index is 11.3. The number of aryl methyl sites for hydroxylation is 1. The van der Waals surface area contributed by atoms with E-state index in [1.807, 2.05) is 13.0 Å². The van der Waals surface area contributed by atoms with Gasteiger partial charge in [-0.2, -0.15) is 0 Å². The molecule has 0 aliphatic carbocycles. The zero-order valence-electron chi connectivity index (χ0n) is 7.91. The lowest BCUT2D eigenvalue weighted by atomic mass is 10.1. The fraction of sp³-hybridized carbons (Fsp3) is 0.0909. The number of carbonyl (C=O) groups excluding carboxylic acids is 1. The van der Waals surface area contributed by atoms with E-state index < -0.39 is 5.63 Å². The number of hydrogen-bond donors (Lipinski definition) is 0. The molecule has 0 unspecified atom stereocenters. The number of hydrogen-bond acceptors (Lipinski definition) is 3. The summed E-state index contributed by atoms with van der Waals surface area (Å²) in [7, 11) is 0. The fourth-order valence-electron chi connectivity index (χ4n) is 1.39. The Hall–Kier alpha value is -1.61. The van der Waals surface area contributed by atoms with E-state index in [0.29, 0.717) is 17.3 Å². The van der Waals surface area contributed by atoms with Crippen LogP contribution < -0.4 is 5.63 Å². The predicted octanol–water partition coefficient (Wildman–Crippen LogP) is 2.57. The smallest absolute Gasteiger partial charge is 0.348 e. The number of carbonyl (C=O) groups is 1. The molecular formula is C11H7ClO3. The van der Waals surface area contributed by atoms with Crippen LogP contribution in [0.15, 0.2) is 27.4 Å². The van der Waals surface area contributed by atoms with Gasteiger partial charge in [-0.05, 0) is 19.1 Å². The molecule has 4 heteroatoms. The Kier molecular flexibility index (Phi) is 2.32. The van der Waals surface area contributed by atoms with Gasteiger partial charge in [0.1, 0.15) is 11.1 Å². The summed E-state index contributed by atoms with van der Waals surface area (Å²) in [5, 5.41) is 0.735. The summed E-state index contributed by atoms with van der Waals surface area (Å²) in [6.07, 6.45) is 0.413. The summed E-state index contributed by atoms with van der Waals surface area (Å²) >= 11 is 5.93. The van der Waals surface area contributed by atoms with E-state index in [0.717, 1.165) is 5.56 Å². The second-order valence-corrected chi connectivity index (χ2v) is 3.61. The summed E-state index contributed by atoms with van der Waals surface area (Å²) in [6, 6.07) is 5.24. The van der Waals surface area contributed by atoms with E-state index in [9.17, 15) is 9.59 Å². The zero-order valence-corrected chi connectivity index (χ0v) is 8.67. The Morgan fingerprint density at radius 2 is 2.13 bits per heavy atom. The third-order valence-corrected chi connectivity index (χ3v) is 2.56. The molecule has 0 saturated carbocycles. The van der Waals surface area contributed by atoms with Gasteiger partial charge in [0.05, 0.1) is 5.02 Å². The second-order valence-electron chi connectivity index (χ2n) is 3.23. The molecule has 0 N–H and O–H groups in total. The topological polar surface area (TPSA) is 47.3 Å². The van der Waals surface area contributed by atoms with Gasteiger partial charge in [-0.1, -0.05) is 23.2 Å². The minimum Gasteiger partial charge on any atom is -0.422 e. The van der Waals surface area contributed by atoms with Crippen molar-refractivity contribution in [3.8, 4) is 0 Å². The first-order valence-electron chi connectivity index (χ1n) is 4.31. The molecule has 0 amide bonds. The van der Waals surface area contributed by atoms with Crippen molar-refractivity contribution in [1.29, 1.82) is 0 Å². The lowest BCUT2D eigenvalue weighted by Crippen LogP contribution is -2.07. The Morgan fingerprint density at radius 1 is 1.40 bits per heavy atom. The normalized spacial score (nSPS) is 10.5. The molecule has 2 rings (SSSR count). The molecule has 0 atom stereocenters. The number of fused-ring (bicyclic) bond motifs is 1. The lowest BCUT2D eigenvalue weighted by Gasteiger charge is -2.01. The van der Waals surface area contributed by atoms with Crippen molar-refractivity contribution in [1.82, 2.24) is 0 Å². The number of benzene rings is 1. The Bertz CT molecular complexity index is 599. The summed E-state index contributed by atoms with van der Waals surface area (Å²) in [4.78, 5) is 21.9. The van der Waals surface area contributed by atoms with Crippen molar-refractivity contribution in [3.05, 3.63) is 44.8 Å². The van der Waals surface area contributed by atoms with Crippen molar-refractivity contribution in [3.63, 3.8) is 0 Å². The molecule has 76 valence electrons. The standard InChI is InChI=1S/C11H7ClO3/c1-6-2-3-9-7(4-6)10(12)8(5-13)11(14)15-9/h2-5H,1H3. The van der Waals surface area contributed by atoms with Crippen molar-refractivity contribution >= 4 is 28.9 Å². The van der Waals surface area contributed by atoms with Crippen LogP contribution in [0.1, 0.15) is 15.9 Å². The molecular weight excluding hydrogens is 216 g/mol. The second kappa shape index (κ2) is 3.51. The highest BCUT2D eigenvalue weighted by molar-refractivity contribution is 6.37. The molecule has 0 fully saturated rings. The summed E-state index contributed by atoms with van der Waals surface area (Å²) in [5.41, 5.74) is 0.539. The molecule has 0 aliphatic heterocycles. The first-order valence-corrected chi connectivity index (χ1v) is 4.69. The van der Waals surface area contributed by atoms with Crippen LogP contribution in [0.5, 0.6) is 0 Å². The van der Waals surface area contributed by atoms with Crippen molar-refractivity contribution in [2.24, 2.45) is 0 Å². The third-order valence-electron chi connectivity index (χ3n) is 2.15. The number of halogens is 1. The van der Waals surface area contributed by atoms with Gasteiger partial charge in [-0.15, -0.1) is 0 Å². The minimum absolute atomic E-state index is 0.130. The molecule has 0 bridgehead atoms. The van der Waals surface area contributed by atoms with E-state index in [2.05, 4.69) is 0 Å². The van der Waals surface area contributed by atoms with Gasteiger partial charge >= 0.3 is 5.63 Å². The Labute approximate surface area is 90.3 Å². The van der Waals surface area contributed by atoms with Gasteiger partial charge < -0.3 is 4.42 Å². The van der Waals surface area contributed by atoms with Gasteiger partial charge in [-0.3, -0.25) is 4.79 Å². The summed E-state index contributed by atoms with van der Waals surface area (Å²) in [6.45, 7) is 1.89. The molecule has 0 saturated heterocycles. The highest BCUT2D eigenvalue weighted by Gasteiger charge is 2.11. The molecule has 1 aromatic heterocycles. The van der Waals surface area contributed by atoms with Crippen LogP contribution in [0.25, 0.3) is 11.0 Å². The highest BCUT2D eigenvalue weighted by atomic mass is 35.5. The molecule has 0 spiro atoms. The van der Waals surface area contributed by atoms with E-state index in [1.54, 1.807) is 12.1 Å². The first-order chi connectivity index (χ1) is 7.13. The third kappa shape index (κ3) is 1.55. The van der Waals surface area contributed by atoms with Crippen LogP contribution in [0, 0.1) is 6.92 Å². The largest absolute Gasteiger partial charge is 0.422 e. The van der Waals surface area contributed by atoms with E-state index in [-0.39, 0.29) is 10.6 Å². The quantitative estimate of drug-likeness (QED) is 0.550. The van der Waals surface area contributed by atoms with Crippen LogP contribution >= 0.6 is 11.6 Å². The van der Waals surface area contributed by atoms with Crippen LogP contribution in [0.4, 0.5) is 0 Å². The van der Waals surface area contributed by atoms with Crippen LogP contribution in [-0.4, -0.2) is 6.29 Å². The predicted molar refractivity (Wildman–Crippen MR) is 57.6 cm³/mol. The Balaban J connectivity index is 2.98. The number of aldehydes is 1. The zero-order chi connectivity index (χ0) is 11.0. The van der Waals surface area contributed by atoms with Gasteiger partial charge in [0.15, 0.2) is 6.29 Å². The maximum absolute atomic E-state index is 11.3. The van der Waals surface area contributed by atoms with Gasteiger partial charge in [0, 0.05) is 5.39 Å². The minimum atomic E-state index is -0.702. The van der Waals surface area contributed by atoms with Gasteiger partial charge in [0.2, 0.25) is 0 Å². The first kappa shape index (κ1) is 9.93. The molecule has 1 aromatic carbocycles. The van der Waals surface area contributed by atoms with E-state index >= 15 is 0 Å². The van der Waals surface area contributed by atoms with E-state index in [4.69, 9.17) is 16.0 Å². The number of rotatable bonds is 1. The fourth-order valence-corrected chi connectivity index (χ4v) is 1.66. The molecule has 15 heavy (non-hydrogen) atoms.